The number of nitrogens with one attached hydrogen (secondary N) is 1. The summed E-state index contributed by atoms with van der Waals surface area (Å²) in [7, 11) is 1.55. The van der Waals surface area contributed by atoms with E-state index >= 15 is 0 Å². The van der Waals surface area contributed by atoms with Gasteiger partial charge in [-0.1, -0.05) is 12.1 Å². The number of esters is 1. The van der Waals surface area contributed by atoms with Crippen molar-refractivity contribution >= 4 is 11.9 Å². The second kappa shape index (κ2) is 7.75. The van der Waals surface area contributed by atoms with E-state index < -0.39 is 23.6 Å². The van der Waals surface area contributed by atoms with E-state index in [2.05, 4.69) is 5.32 Å². The van der Waals surface area contributed by atoms with Crippen molar-refractivity contribution in [1.29, 1.82) is 5.26 Å². The second-order valence-electron chi connectivity index (χ2n) is 6.21. The molecule has 0 radical (unpaired) electrons. The van der Waals surface area contributed by atoms with Crippen LogP contribution in [0, 0.1) is 11.3 Å². The molecule has 23 heavy (non-hydrogen) atoms. The summed E-state index contributed by atoms with van der Waals surface area (Å²) in [5, 5.41) is 20.7. The molecule has 6 nitrogen and oxygen atoms in total. The van der Waals surface area contributed by atoms with Gasteiger partial charge in [0.25, 0.3) is 0 Å². The number of rotatable bonds is 6. The number of aliphatic carboxylic acids is 1. The van der Waals surface area contributed by atoms with Crippen molar-refractivity contribution in [3.63, 3.8) is 0 Å². The van der Waals surface area contributed by atoms with Gasteiger partial charge in [0.15, 0.2) is 0 Å². The van der Waals surface area contributed by atoms with Crippen LogP contribution in [0.15, 0.2) is 18.2 Å². The Morgan fingerprint density at radius 3 is 2.52 bits per heavy atom. The smallest absolute Gasteiger partial charge is 0.338 e. The largest absolute Gasteiger partial charge is 0.480 e. The minimum Gasteiger partial charge on any atom is -0.480 e. The predicted octanol–water partition coefficient (Wildman–Crippen LogP) is 1.92. The van der Waals surface area contributed by atoms with Gasteiger partial charge in [0.05, 0.1) is 18.1 Å². The van der Waals surface area contributed by atoms with E-state index in [1.807, 2.05) is 6.07 Å². The van der Waals surface area contributed by atoms with Crippen LogP contribution in [-0.4, -0.2) is 35.7 Å². The summed E-state index contributed by atoms with van der Waals surface area (Å²) in [4.78, 5) is 23.6. The number of hydrogen-bond donors (Lipinski definition) is 2. The minimum atomic E-state index is -0.997. The Labute approximate surface area is 136 Å². The van der Waals surface area contributed by atoms with Crippen molar-refractivity contribution in [3.8, 4) is 6.07 Å². The lowest BCUT2D eigenvalue weighted by Gasteiger charge is -2.21. The third-order valence-corrected chi connectivity index (χ3v) is 3.15. The number of nitrogens with zero attached hydrogens (tertiary/aromatic N) is 1. The van der Waals surface area contributed by atoms with Crippen LogP contribution >= 0.6 is 0 Å². The molecule has 1 aromatic carbocycles. The molecule has 6 heteroatoms. The first-order valence-corrected chi connectivity index (χ1v) is 7.30. The van der Waals surface area contributed by atoms with Gasteiger partial charge in [0.1, 0.15) is 11.6 Å². The van der Waals surface area contributed by atoms with Crippen LogP contribution in [0.2, 0.25) is 0 Å². The van der Waals surface area contributed by atoms with Crippen molar-refractivity contribution in [2.24, 2.45) is 0 Å². The maximum absolute atomic E-state index is 12.4. The highest BCUT2D eigenvalue weighted by atomic mass is 16.6. The Bertz CT molecular complexity index is 626. The maximum atomic E-state index is 12.4. The fourth-order valence-electron chi connectivity index (χ4n) is 2.06. The van der Waals surface area contributed by atoms with Crippen LogP contribution in [0.25, 0.3) is 0 Å². The van der Waals surface area contributed by atoms with Gasteiger partial charge >= 0.3 is 11.9 Å². The number of carbonyl (C=O) groups excluding carboxylic acids is 1. The van der Waals surface area contributed by atoms with Crippen LogP contribution in [0.4, 0.5) is 0 Å². The van der Waals surface area contributed by atoms with Crippen LogP contribution in [0.5, 0.6) is 0 Å². The summed E-state index contributed by atoms with van der Waals surface area (Å²) in [6.07, 6.45) is 0.317. The van der Waals surface area contributed by atoms with Gasteiger partial charge in [-0.15, -0.1) is 0 Å². The van der Waals surface area contributed by atoms with Gasteiger partial charge in [-0.2, -0.15) is 5.26 Å². The van der Waals surface area contributed by atoms with E-state index in [1.54, 1.807) is 46.0 Å². The van der Waals surface area contributed by atoms with Gasteiger partial charge in [-0.25, -0.2) is 4.79 Å². The van der Waals surface area contributed by atoms with Crippen LogP contribution in [-0.2, 0) is 22.4 Å². The third-order valence-electron chi connectivity index (χ3n) is 3.15. The molecule has 1 rings (SSSR count). The standard InChI is InChI=1S/C17H22N2O4/c1-17(2,3)23-16(22)13-9-11(7-8-18)5-6-12(13)10-14(19-4)15(20)21/h5-6,9,14,19H,7,10H2,1-4H3,(H,20,21). The van der Waals surface area contributed by atoms with Crippen molar-refractivity contribution in [3.05, 3.63) is 34.9 Å². The van der Waals surface area contributed by atoms with Crippen LogP contribution in [0.1, 0.15) is 42.3 Å². The number of likely N-dealkylation sites (N-methyl/N-ethyl adjacent to an activating group) is 1. The molecule has 0 bridgehead atoms. The summed E-state index contributed by atoms with van der Waals surface area (Å²) in [6.45, 7) is 5.28. The molecule has 0 aliphatic heterocycles. The first kappa shape index (κ1) is 18.7. The Morgan fingerprint density at radius 1 is 1.39 bits per heavy atom. The average Bonchev–Trinajstić information content (AvgIpc) is 2.43. The molecule has 124 valence electrons. The molecule has 0 fully saturated rings. The van der Waals surface area contributed by atoms with Gasteiger partial charge < -0.3 is 15.2 Å². The summed E-state index contributed by atoms with van der Waals surface area (Å²) in [5.41, 5.74) is 0.903. The molecule has 0 aromatic heterocycles. The summed E-state index contributed by atoms with van der Waals surface area (Å²) in [6, 6.07) is 6.22. The fraction of sp³-hybridized carbons (Fsp3) is 0.471. The molecule has 2 N–H and O–H groups in total. The highest BCUT2D eigenvalue weighted by molar-refractivity contribution is 5.92. The van der Waals surface area contributed by atoms with Gasteiger partial charge in [0, 0.05) is 0 Å². The van der Waals surface area contributed by atoms with Crippen LogP contribution in [0.3, 0.4) is 0 Å². The molecule has 0 saturated heterocycles. The lowest BCUT2D eigenvalue weighted by atomic mass is 9.97. The van der Waals surface area contributed by atoms with Crippen molar-refractivity contribution in [1.82, 2.24) is 5.32 Å². The Hall–Kier alpha value is -2.39. The average molecular weight is 318 g/mol. The predicted molar refractivity (Wildman–Crippen MR) is 85.1 cm³/mol. The molecule has 0 amide bonds. The highest BCUT2D eigenvalue weighted by Crippen LogP contribution is 2.19. The van der Waals surface area contributed by atoms with Crippen molar-refractivity contribution in [2.45, 2.75) is 45.3 Å². The summed E-state index contributed by atoms with van der Waals surface area (Å²) < 4.78 is 5.38. The number of carboxylic acid groups (broad SMARTS) is 1. The van der Waals surface area contributed by atoms with E-state index in [-0.39, 0.29) is 12.8 Å². The van der Waals surface area contributed by atoms with Gasteiger partial charge in [-0.3, -0.25) is 4.79 Å². The second-order valence-corrected chi connectivity index (χ2v) is 6.21. The van der Waals surface area contributed by atoms with E-state index in [0.29, 0.717) is 16.7 Å². The molecule has 1 aromatic rings. The van der Waals surface area contributed by atoms with Crippen molar-refractivity contribution < 1.29 is 19.4 Å². The number of carbonyl (C=O) groups is 2. The molecule has 0 aliphatic rings. The molecule has 0 heterocycles. The Morgan fingerprint density at radius 2 is 2.04 bits per heavy atom. The molecule has 0 spiro atoms. The molecule has 1 atom stereocenters. The summed E-state index contributed by atoms with van der Waals surface area (Å²) in [5.74, 6) is -1.52. The lowest BCUT2D eigenvalue weighted by molar-refractivity contribution is -0.139. The monoisotopic (exact) mass is 318 g/mol. The molecular weight excluding hydrogens is 296 g/mol. The normalized spacial score (nSPS) is 12.3. The summed E-state index contributed by atoms with van der Waals surface area (Å²) >= 11 is 0. The molecule has 0 aliphatic carbocycles. The maximum Gasteiger partial charge on any atom is 0.338 e. The topological polar surface area (TPSA) is 99.4 Å². The number of hydrogen-bond acceptors (Lipinski definition) is 5. The van der Waals surface area contributed by atoms with Crippen molar-refractivity contribution in [2.75, 3.05) is 7.05 Å². The molecule has 0 saturated carbocycles. The Kier molecular flexibility index (Phi) is 6.28. The zero-order valence-electron chi connectivity index (χ0n) is 13.8. The zero-order valence-corrected chi connectivity index (χ0v) is 13.8. The molecular formula is C17H22N2O4. The first-order valence-electron chi connectivity index (χ1n) is 7.30. The lowest BCUT2D eigenvalue weighted by Crippen LogP contribution is -2.36. The fourth-order valence-corrected chi connectivity index (χ4v) is 2.06. The SMILES string of the molecule is CNC(Cc1ccc(CC#N)cc1C(=O)OC(C)(C)C)C(=O)O. The van der Waals surface area contributed by atoms with E-state index in [1.165, 1.54) is 0 Å². The quantitative estimate of drug-likeness (QED) is 0.777. The Balaban J connectivity index is 3.21. The molecule has 1 unspecified atom stereocenters. The number of ether oxygens (including phenoxy) is 1. The number of nitriles is 1. The van der Waals surface area contributed by atoms with Gasteiger partial charge in [0.2, 0.25) is 0 Å². The number of carboxylic acids is 1. The number of benzene rings is 1. The van der Waals surface area contributed by atoms with E-state index in [4.69, 9.17) is 15.1 Å². The zero-order chi connectivity index (χ0) is 17.6. The van der Waals surface area contributed by atoms with Gasteiger partial charge in [-0.05, 0) is 51.4 Å². The highest BCUT2D eigenvalue weighted by Gasteiger charge is 2.23. The minimum absolute atomic E-state index is 0.146. The third kappa shape index (κ3) is 5.72. The van der Waals surface area contributed by atoms with Crippen LogP contribution < -0.4 is 5.32 Å². The van der Waals surface area contributed by atoms with E-state index in [9.17, 15) is 9.59 Å². The first-order chi connectivity index (χ1) is 10.7. The van der Waals surface area contributed by atoms with E-state index in [0.717, 1.165) is 0 Å².